The van der Waals surface area contributed by atoms with E-state index in [0.717, 1.165) is 24.0 Å². The van der Waals surface area contributed by atoms with Crippen LogP contribution >= 0.6 is 0 Å². The summed E-state index contributed by atoms with van der Waals surface area (Å²) in [6.45, 7) is 3.11. The molecule has 3 aromatic carbocycles. The van der Waals surface area contributed by atoms with Crippen LogP contribution in [0.15, 0.2) is 78.9 Å². The zero-order chi connectivity index (χ0) is 30.0. The standard InChI is InChI=1S/C35H44N2O5/c1-2-3-4-5-6-7-8-9-10-14-25-36-33(38)30-21-17-28(18-22-30)26-37(34(39)35(40)41)27-29-19-23-32(24-20-29)42-31-15-12-11-13-16-31/h11-13,15-24H,2-10,14,25-27H2,1H3,(H,36,38)(H,40,41). The Labute approximate surface area is 249 Å². The minimum absolute atomic E-state index is 0.105. The van der Waals surface area contributed by atoms with Crippen LogP contribution < -0.4 is 10.1 Å². The number of nitrogens with one attached hydrogen (secondary N) is 1. The molecule has 0 heterocycles. The van der Waals surface area contributed by atoms with Crippen LogP contribution in [0.25, 0.3) is 0 Å². The fraction of sp³-hybridized carbons (Fsp3) is 0.400. The van der Waals surface area contributed by atoms with Crippen molar-refractivity contribution in [2.75, 3.05) is 6.54 Å². The number of hydrogen-bond donors (Lipinski definition) is 2. The summed E-state index contributed by atoms with van der Waals surface area (Å²) in [7, 11) is 0. The van der Waals surface area contributed by atoms with Gasteiger partial charge in [0.2, 0.25) is 0 Å². The highest BCUT2D eigenvalue weighted by Crippen LogP contribution is 2.22. The van der Waals surface area contributed by atoms with Gasteiger partial charge < -0.3 is 20.1 Å². The zero-order valence-corrected chi connectivity index (χ0v) is 24.7. The lowest BCUT2D eigenvalue weighted by Crippen LogP contribution is -2.35. The minimum Gasteiger partial charge on any atom is -0.474 e. The van der Waals surface area contributed by atoms with Gasteiger partial charge in [-0.25, -0.2) is 4.79 Å². The molecule has 0 atom stereocenters. The molecule has 2 N–H and O–H groups in total. The van der Waals surface area contributed by atoms with Crippen LogP contribution in [0.2, 0.25) is 0 Å². The molecule has 0 radical (unpaired) electrons. The highest BCUT2D eigenvalue weighted by Gasteiger charge is 2.21. The number of nitrogens with zero attached hydrogens (tertiary/aromatic N) is 1. The minimum atomic E-state index is -1.51. The molecule has 7 nitrogen and oxygen atoms in total. The van der Waals surface area contributed by atoms with Gasteiger partial charge in [0.05, 0.1) is 0 Å². The molecule has 0 spiro atoms. The highest BCUT2D eigenvalue weighted by atomic mass is 16.5. The first-order valence-corrected chi connectivity index (χ1v) is 15.2. The number of carbonyl (C=O) groups excluding carboxylic acids is 2. The number of aliphatic carboxylic acids is 1. The number of unbranched alkanes of at least 4 members (excludes halogenated alkanes) is 9. The molecule has 42 heavy (non-hydrogen) atoms. The van der Waals surface area contributed by atoms with Crippen molar-refractivity contribution in [1.29, 1.82) is 0 Å². The van der Waals surface area contributed by atoms with Crippen molar-refractivity contribution in [3.8, 4) is 11.5 Å². The predicted octanol–water partition coefficient (Wildman–Crippen LogP) is 7.74. The molecule has 0 aliphatic rings. The third-order valence-corrected chi connectivity index (χ3v) is 7.15. The largest absolute Gasteiger partial charge is 0.474 e. The van der Waals surface area contributed by atoms with Gasteiger partial charge in [-0.15, -0.1) is 0 Å². The summed E-state index contributed by atoms with van der Waals surface area (Å²) in [5, 5.41) is 12.4. The van der Waals surface area contributed by atoms with Crippen molar-refractivity contribution in [2.45, 2.75) is 84.2 Å². The topological polar surface area (TPSA) is 95.9 Å². The van der Waals surface area contributed by atoms with Crippen LogP contribution in [0, 0.1) is 0 Å². The SMILES string of the molecule is CCCCCCCCCCCCNC(=O)c1ccc(CN(Cc2ccc(Oc3ccccc3)cc2)C(=O)C(=O)O)cc1. The molecule has 3 rings (SSSR count). The van der Waals surface area contributed by atoms with E-state index in [0.29, 0.717) is 23.6 Å². The first-order chi connectivity index (χ1) is 20.5. The van der Waals surface area contributed by atoms with E-state index in [2.05, 4.69) is 12.2 Å². The second-order valence-corrected chi connectivity index (χ2v) is 10.7. The molecule has 2 amide bonds. The van der Waals surface area contributed by atoms with Gasteiger partial charge in [0.15, 0.2) is 0 Å². The fourth-order valence-electron chi connectivity index (χ4n) is 4.74. The Morgan fingerprint density at radius 2 is 1.17 bits per heavy atom. The van der Waals surface area contributed by atoms with Crippen molar-refractivity contribution in [3.63, 3.8) is 0 Å². The Balaban J connectivity index is 1.44. The number of carboxylic acid groups (broad SMARTS) is 1. The van der Waals surface area contributed by atoms with Gasteiger partial charge >= 0.3 is 11.9 Å². The summed E-state index contributed by atoms with van der Waals surface area (Å²) in [4.78, 5) is 37.8. The molecule has 0 fully saturated rings. The van der Waals surface area contributed by atoms with Gasteiger partial charge in [-0.05, 0) is 53.9 Å². The molecule has 0 saturated carbocycles. The summed E-state index contributed by atoms with van der Waals surface area (Å²) < 4.78 is 5.81. The van der Waals surface area contributed by atoms with Crippen molar-refractivity contribution < 1.29 is 24.2 Å². The predicted molar refractivity (Wildman–Crippen MR) is 165 cm³/mol. The monoisotopic (exact) mass is 572 g/mol. The van der Waals surface area contributed by atoms with Crippen LogP contribution in [0.5, 0.6) is 11.5 Å². The molecule has 0 bridgehead atoms. The molecular weight excluding hydrogens is 528 g/mol. The normalized spacial score (nSPS) is 10.7. The lowest BCUT2D eigenvalue weighted by molar-refractivity contribution is -0.156. The average Bonchev–Trinajstić information content (AvgIpc) is 3.01. The number of rotatable bonds is 18. The molecule has 0 aromatic heterocycles. The maximum absolute atomic E-state index is 12.6. The van der Waals surface area contributed by atoms with E-state index in [1.165, 1.54) is 56.3 Å². The third-order valence-electron chi connectivity index (χ3n) is 7.15. The van der Waals surface area contributed by atoms with Crippen LogP contribution in [0.4, 0.5) is 0 Å². The first kappa shape index (κ1) is 32.4. The number of ether oxygens (including phenoxy) is 1. The number of benzene rings is 3. The van der Waals surface area contributed by atoms with Crippen LogP contribution in [0.1, 0.15) is 92.6 Å². The number of hydrogen-bond acceptors (Lipinski definition) is 4. The maximum atomic E-state index is 12.6. The summed E-state index contributed by atoms with van der Waals surface area (Å²) in [6.07, 6.45) is 12.5. The van der Waals surface area contributed by atoms with E-state index in [9.17, 15) is 19.5 Å². The Morgan fingerprint density at radius 1 is 0.667 bits per heavy atom. The summed E-state index contributed by atoms with van der Waals surface area (Å²) in [5.74, 6) is -1.28. The Morgan fingerprint density at radius 3 is 1.71 bits per heavy atom. The maximum Gasteiger partial charge on any atom is 0.394 e. The van der Waals surface area contributed by atoms with Crippen molar-refractivity contribution in [3.05, 3.63) is 95.6 Å². The second kappa shape index (κ2) is 18.3. The summed E-state index contributed by atoms with van der Waals surface area (Å²) >= 11 is 0. The van der Waals surface area contributed by atoms with Gasteiger partial charge in [0, 0.05) is 25.2 Å². The lowest BCUT2D eigenvalue weighted by Gasteiger charge is -2.21. The van der Waals surface area contributed by atoms with Gasteiger partial charge in [0.25, 0.3) is 5.91 Å². The molecule has 0 saturated heterocycles. The zero-order valence-electron chi connectivity index (χ0n) is 24.7. The second-order valence-electron chi connectivity index (χ2n) is 10.7. The van der Waals surface area contributed by atoms with Crippen LogP contribution in [-0.4, -0.2) is 34.3 Å². The van der Waals surface area contributed by atoms with E-state index < -0.39 is 11.9 Å². The van der Waals surface area contributed by atoms with E-state index in [4.69, 9.17) is 4.74 Å². The quantitative estimate of drug-likeness (QED) is 0.120. The molecule has 7 heteroatoms. The van der Waals surface area contributed by atoms with Gasteiger partial charge in [-0.3, -0.25) is 9.59 Å². The Kier molecular flexibility index (Phi) is 14.1. The molecule has 0 aliphatic heterocycles. The van der Waals surface area contributed by atoms with Gasteiger partial charge in [-0.1, -0.05) is 107 Å². The number of para-hydroxylation sites is 1. The first-order valence-electron chi connectivity index (χ1n) is 15.2. The molecule has 0 aliphatic carbocycles. The Bertz CT molecular complexity index is 1230. The van der Waals surface area contributed by atoms with Crippen LogP contribution in [-0.2, 0) is 22.7 Å². The molecule has 3 aromatic rings. The van der Waals surface area contributed by atoms with E-state index >= 15 is 0 Å². The summed E-state index contributed by atoms with van der Waals surface area (Å²) in [5.41, 5.74) is 2.05. The van der Waals surface area contributed by atoms with E-state index in [-0.39, 0.29) is 19.0 Å². The number of amides is 2. The Hall–Kier alpha value is -4.13. The highest BCUT2D eigenvalue weighted by molar-refractivity contribution is 6.31. The van der Waals surface area contributed by atoms with E-state index in [1.54, 1.807) is 36.4 Å². The lowest BCUT2D eigenvalue weighted by atomic mass is 10.1. The molecular formula is C35H44N2O5. The fourth-order valence-corrected chi connectivity index (χ4v) is 4.74. The van der Waals surface area contributed by atoms with E-state index in [1.807, 2.05) is 42.5 Å². The third kappa shape index (κ3) is 11.8. The van der Waals surface area contributed by atoms with Gasteiger partial charge in [0.1, 0.15) is 11.5 Å². The summed E-state index contributed by atoms with van der Waals surface area (Å²) in [6, 6.07) is 23.5. The van der Waals surface area contributed by atoms with Crippen molar-refractivity contribution in [2.24, 2.45) is 0 Å². The number of carboxylic acids is 1. The molecule has 224 valence electrons. The molecule has 0 unspecified atom stereocenters. The van der Waals surface area contributed by atoms with Gasteiger partial charge in [-0.2, -0.15) is 0 Å². The smallest absolute Gasteiger partial charge is 0.394 e. The van der Waals surface area contributed by atoms with Crippen LogP contribution in [0.3, 0.4) is 0 Å². The van der Waals surface area contributed by atoms with Crippen molar-refractivity contribution >= 4 is 17.8 Å². The number of carbonyl (C=O) groups is 3. The average molecular weight is 573 g/mol. The van der Waals surface area contributed by atoms with Crippen molar-refractivity contribution in [1.82, 2.24) is 10.2 Å².